The number of rotatable bonds is 6. The van der Waals surface area contributed by atoms with Crippen LogP contribution in [-0.4, -0.2) is 21.0 Å². The normalized spacial score (nSPS) is 10.9. The molecule has 0 atom stereocenters. The van der Waals surface area contributed by atoms with Gasteiger partial charge in [0.15, 0.2) is 17.5 Å². The minimum absolute atomic E-state index is 0.111. The van der Waals surface area contributed by atoms with E-state index in [9.17, 15) is 18.7 Å². The summed E-state index contributed by atoms with van der Waals surface area (Å²) in [7, 11) is 0. The molecule has 7 heteroatoms. The van der Waals surface area contributed by atoms with Gasteiger partial charge in [0.25, 0.3) is 0 Å². The molecule has 0 spiro atoms. The predicted molar refractivity (Wildman–Crippen MR) is 106 cm³/mol. The van der Waals surface area contributed by atoms with Gasteiger partial charge >= 0.3 is 0 Å². The van der Waals surface area contributed by atoms with Crippen LogP contribution in [0.2, 0.25) is 0 Å². The molecule has 3 aromatic rings. The summed E-state index contributed by atoms with van der Waals surface area (Å²) in [5.74, 6) is -1.56. The Morgan fingerprint density at radius 3 is 2.48 bits per heavy atom. The molecule has 2 N–H and O–H groups in total. The number of amides is 1. The largest absolute Gasteiger partial charge is 0.508 e. The van der Waals surface area contributed by atoms with Crippen molar-refractivity contribution < 1.29 is 18.7 Å². The molecule has 0 bridgehead atoms. The van der Waals surface area contributed by atoms with E-state index in [-0.39, 0.29) is 18.1 Å². The Hall–Kier alpha value is -3.35. The average Bonchev–Trinajstić information content (AvgIpc) is 2.66. The number of carbonyl (C=O) groups excluding carboxylic acids is 1. The van der Waals surface area contributed by atoms with Gasteiger partial charge in [0, 0.05) is 5.56 Å². The third-order valence-electron chi connectivity index (χ3n) is 4.22. The number of phenolic OH excluding ortho intramolecular Hbond substituents is 1. The molecule has 0 unspecified atom stereocenters. The second-order valence-corrected chi connectivity index (χ2v) is 7.17. The molecule has 5 nitrogen and oxygen atoms in total. The second kappa shape index (κ2) is 8.77. The quantitative estimate of drug-likeness (QED) is 0.642. The molecule has 0 fully saturated rings. The van der Waals surface area contributed by atoms with Crippen molar-refractivity contribution in [3.05, 3.63) is 71.6 Å². The highest BCUT2D eigenvalue weighted by Crippen LogP contribution is 2.23. The summed E-state index contributed by atoms with van der Waals surface area (Å²) in [4.78, 5) is 21.4. The summed E-state index contributed by atoms with van der Waals surface area (Å²) in [5.41, 5.74) is 2.41. The summed E-state index contributed by atoms with van der Waals surface area (Å²) in [5, 5.41) is 12.2. The Labute approximate surface area is 167 Å². The van der Waals surface area contributed by atoms with Gasteiger partial charge in [-0.1, -0.05) is 19.9 Å². The SMILES string of the molecule is CC(C)Cc1nc(-c2ccc(O)cc2)cnc1NC(=O)Cc1ccc(F)c(F)c1. The van der Waals surface area contributed by atoms with Gasteiger partial charge in [0.2, 0.25) is 5.91 Å². The molecular weight excluding hydrogens is 376 g/mol. The maximum absolute atomic E-state index is 13.3. The van der Waals surface area contributed by atoms with E-state index in [4.69, 9.17) is 0 Å². The molecule has 3 rings (SSSR count). The van der Waals surface area contributed by atoms with Crippen molar-refractivity contribution >= 4 is 11.7 Å². The van der Waals surface area contributed by atoms with Gasteiger partial charge in [-0.25, -0.2) is 18.7 Å². The zero-order valence-electron chi connectivity index (χ0n) is 16.1. The lowest BCUT2D eigenvalue weighted by Crippen LogP contribution is -2.18. The molecule has 2 aromatic carbocycles. The highest BCUT2D eigenvalue weighted by Gasteiger charge is 2.14. The first-order valence-corrected chi connectivity index (χ1v) is 9.21. The third-order valence-corrected chi connectivity index (χ3v) is 4.22. The maximum atomic E-state index is 13.3. The molecule has 150 valence electrons. The second-order valence-electron chi connectivity index (χ2n) is 7.17. The Balaban J connectivity index is 1.82. The van der Waals surface area contributed by atoms with Crippen LogP contribution in [0.5, 0.6) is 5.75 Å². The number of carbonyl (C=O) groups is 1. The van der Waals surface area contributed by atoms with E-state index in [2.05, 4.69) is 15.3 Å². The van der Waals surface area contributed by atoms with Gasteiger partial charge in [-0.2, -0.15) is 0 Å². The molecule has 0 aliphatic heterocycles. The number of aromatic hydroxyl groups is 1. The van der Waals surface area contributed by atoms with Gasteiger partial charge in [-0.15, -0.1) is 0 Å². The molecule has 0 radical (unpaired) electrons. The standard InChI is InChI=1S/C22H21F2N3O2/c1-13(2)9-19-22(25-12-20(26-19)15-4-6-16(28)7-5-15)27-21(29)11-14-3-8-17(23)18(24)10-14/h3-8,10,12-13,28H,9,11H2,1-2H3,(H,25,27,29). The number of hydrogen-bond acceptors (Lipinski definition) is 4. The van der Waals surface area contributed by atoms with Crippen LogP contribution in [-0.2, 0) is 17.6 Å². The van der Waals surface area contributed by atoms with Crippen LogP contribution >= 0.6 is 0 Å². The first kappa shape index (κ1) is 20.4. The number of phenols is 1. The lowest BCUT2D eigenvalue weighted by Gasteiger charge is -2.13. The molecule has 29 heavy (non-hydrogen) atoms. The van der Waals surface area contributed by atoms with Crippen molar-refractivity contribution in [1.29, 1.82) is 0 Å². The molecular formula is C22H21F2N3O2. The van der Waals surface area contributed by atoms with Crippen LogP contribution < -0.4 is 5.32 Å². The number of halogens is 2. The molecule has 0 saturated heterocycles. The highest BCUT2D eigenvalue weighted by molar-refractivity contribution is 5.92. The summed E-state index contributed by atoms with van der Waals surface area (Å²) < 4.78 is 26.4. The lowest BCUT2D eigenvalue weighted by molar-refractivity contribution is -0.115. The Bertz CT molecular complexity index is 1020. The van der Waals surface area contributed by atoms with Crippen LogP contribution in [0.25, 0.3) is 11.3 Å². The minimum atomic E-state index is -0.992. The first-order valence-electron chi connectivity index (χ1n) is 9.21. The summed E-state index contributed by atoms with van der Waals surface area (Å²) in [6.07, 6.45) is 2.03. The Morgan fingerprint density at radius 1 is 1.10 bits per heavy atom. The fourth-order valence-corrected chi connectivity index (χ4v) is 2.84. The number of benzene rings is 2. The molecule has 1 amide bonds. The van der Waals surface area contributed by atoms with Gasteiger partial charge in [0.1, 0.15) is 5.75 Å². The van der Waals surface area contributed by atoms with E-state index in [1.54, 1.807) is 30.5 Å². The fraction of sp³-hybridized carbons (Fsp3) is 0.227. The van der Waals surface area contributed by atoms with Crippen molar-refractivity contribution in [1.82, 2.24) is 9.97 Å². The molecule has 0 aliphatic rings. The molecule has 1 heterocycles. The van der Waals surface area contributed by atoms with Crippen molar-refractivity contribution in [2.75, 3.05) is 5.32 Å². The van der Waals surface area contributed by atoms with Crippen LogP contribution in [0, 0.1) is 17.6 Å². The van der Waals surface area contributed by atoms with E-state index in [0.29, 0.717) is 29.2 Å². The minimum Gasteiger partial charge on any atom is -0.508 e. The topological polar surface area (TPSA) is 75.1 Å². The van der Waals surface area contributed by atoms with Crippen molar-refractivity contribution in [3.63, 3.8) is 0 Å². The number of nitrogens with one attached hydrogen (secondary N) is 1. The summed E-state index contributed by atoms with van der Waals surface area (Å²) in [6.45, 7) is 4.06. The van der Waals surface area contributed by atoms with Crippen molar-refractivity contribution in [2.24, 2.45) is 5.92 Å². The maximum Gasteiger partial charge on any atom is 0.229 e. The third kappa shape index (κ3) is 5.34. The van der Waals surface area contributed by atoms with Gasteiger partial charge in [-0.3, -0.25) is 4.79 Å². The van der Waals surface area contributed by atoms with E-state index >= 15 is 0 Å². The van der Waals surface area contributed by atoms with Crippen LogP contribution in [0.4, 0.5) is 14.6 Å². The lowest BCUT2D eigenvalue weighted by atomic mass is 10.1. The summed E-state index contributed by atoms with van der Waals surface area (Å²) in [6, 6.07) is 9.97. The smallest absolute Gasteiger partial charge is 0.229 e. The van der Waals surface area contributed by atoms with E-state index in [1.807, 2.05) is 13.8 Å². The zero-order valence-corrected chi connectivity index (χ0v) is 16.1. The summed E-state index contributed by atoms with van der Waals surface area (Å²) >= 11 is 0. The fourth-order valence-electron chi connectivity index (χ4n) is 2.84. The predicted octanol–water partition coefficient (Wildman–Crippen LogP) is 4.51. The number of nitrogens with zero attached hydrogens (tertiary/aromatic N) is 2. The average molecular weight is 397 g/mol. The van der Waals surface area contributed by atoms with Gasteiger partial charge in [-0.05, 0) is 54.3 Å². The Morgan fingerprint density at radius 2 is 1.83 bits per heavy atom. The van der Waals surface area contributed by atoms with Crippen LogP contribution in [0.3, 0.4) is 0 Å². The number of anilines is 1. The van der Waals surface area contributed by atoms with Crippen molar-refractivity contribution in [2.45, 2.75) is 26.7 Å². The Kier molecular flexibility index (Phi) is 6.16. The highest BCUT2D eigenvalue weighted by atomic mass is 19.2. The van der Waals surface area contributed by atoms with Crippen molar-refractivity contribution in [3.8, 4) is 17.0 Å². The number of hydrogen-bond donors (Lipinski definition) is 2. The van der Waals surface area contributed by atoms with E-state index < -0.39 is 17.5 Å². The van der Waals surface area contributed by atoms with E-state index in [0.717, 1.165) is 17.7 Å². The van der Waals surface area contributed by atoms with Crippen LogP contribution in [0.1, 0.15) is 25.1 Å². The first-order chi connectivity index (χ1) is 13.8. The molecule has 1 aromatic heterocycles. The van der Waals surface area contributed by atoms with Gasteiger partial charge in [0.05, 0.1) is 24.0 Å². The van der Waals surface area contributed by atoms with E-state index in [1.165, 1.54) is 6.07 Å². The number of aromatic nitrogens is 2. The molecule has 0 aliphatic carbocycles. The van der Waals surface area contributed by atoms with Crippen LogP contribution in [0.15, 0.2) is 48.7 Å². The van der Waals surface area contributed by atoms with Gasteiger partial charge < -0.3 is 10.4 Å². The molecule has 0 saturated carbocycles. The monoisotopic (exact) mass is 397 g/mol. The zero-order chi connectivity index (χ0) is 21.0.